The van der Waals surface area contributed by atoms with Crippen molar-refractivity contribution in [2.45, 2.75) is 43.5 Å². The molecule has 0 radical (unpaired) electrons. The summed E-state index contributed by atoms with van der Waals surface area (Å²) < 4.78 is 35.4. The molecule has 38 heavy (non-hydrogen) atoms. The van der Waals surface area contributed by atoms with Gasteiger partial charge < -0.3 is 9.64 Å². The van der Waals surface area contributed by atoms with Gasteiger partial charge in [-0.15, -0.1) is 4.33 Å². The minimum Gasteiger partial charge on any atom is -0.456 e. The Morgan fingerprint density at radius 1 is 1.03 bits per heavy atom. The van der Waals surface area contributed by atoms with Crippen LogP contribution in [0.4, 0.5) is 5.69 Å². The van der Waals surface area contributed by atoms with Crippen LogP contribution in [0.15, 0.2) is 75.7 Å². The molecular weight excluding hydrogens is 548 g/mol. The number of benzene rings is 2. The third-order valence-corrected chi connectivity index (χ3v) is 8.79. The zero-order valence-electron chi connectivity index (χ0n) is 21.7. The maximum Gasteiger partial charge on any atom is 0.261 e. The normalized spacial score (nSPS) is 16.7. The summed E-state index contributed by atoms with van der Waals surface area (Å²) in [5.74, 6) is 1.41. The third kappa shape index (κ3) is 5.81. The average Bonchev–Trinajstić information content (AvgIpc) is 2.91. The van der Waals surface area contributed by atoms with Crippen LogP contribution in [0.3, 0.4) is 0 Å². The molecule has 8 nitrogen and oxygen atoms in total. The van der Waals surface area contributed by atoms with Gasteiger partial charge in [-0.3, -0.25) is 4.90 Å². The zero-order chi connectivity index (χ0) is 27.4. The van der Waals surface area contributed by atoms with E-state index in [1.165, 1.54) is 12.1 Å². The number of allylic oxidation sites excluding steroid dienone is 1. The third-order valence-electron chi connectivity index (χ3n) is 6.79. The predicted molar refractivity (Wildman–Crippen MR) is 151 cm³/mol. The fourth-order valence-corrected chi connectivity index (χ4v) is 6.26. The zero-order valence-corrected chi connectivity index (χ0v) is 24.1. The van der Waals surface area contributed by atoms with Gasteiger partial charge in [0.25, 0.3) is 9.05 Å². The van der Waals surface area contributed by atoms with Crippen molar-refractivity contribution < 1.29 is 27.8 Å². The summed E-state index contributed by atoms with van der Waals surface area (Å²) in [6.45, 7) is 11.9. The molecule has 0 saturated carbocycles. The maximum absolute atomic E-state index is 12.1. The van der Waals surface area contributed by atoms with Crippen molar-refractivity contribution in [2.75, 3.05) is 31.1 Å². The minimum absolute atomic E-state index is 0.0706. The van der Waals surface area contributed by atoms with Gasteiger partial charge in [0, 0.05) is 57.1 Å². The lowest BCUT2D eigenvalue weighted by Crippen LogP contribution is -2.34. The van der Waals surface area contributed by atoms with E-state index in [0.29, 0.717) is 34.0 Å². The average molecular weight is 579 g/mol. The predicted octanol–water partition coefficient (Wildman–Crippen LogP) is 6.25. The first-order valence-electron chi connectivity index (χ1n) is 12.4. The first kappa shape index (κ1) is 28.7. The molecule has 0 amide bonds. The van der Waals surface area contributed by atoms with Crippen LogP contribution in [-0.4, -0.2) is 50.8 Å². The Morgan fingerprint density at radius 3 is 2.37 bits per heavy atom. The van der Waals surface area contributed by atoms with Crippen molar-refractivity contribution in [3.05, 3.63) is 77.1 Å². The van der Waals surface area contributed by atoms with Gasteiger partial charge in [-0.05, 0) is 62.8 Å². The standard InChI is InChI=1S/C27H31ClN2O6S2/c1-5-29(6-2)18-9-12-21-24(15-18)34-25-16-19(30(7-3)8-4)10-13-22(25)27(21)23-14-11-20(38(28,32)33)17-26(23)37-36-35-31/h9-18,31H,5-8H2,1-4H3. The lowest BCUT2D eigenvalue weighted by Gasteiger charge is -2.33. The minimum atomic E-state index is -4.00. The molecule has 4 rings (SSSR count). The molecule has 0 bridgehead atoms. The second kappa shape index (κ2) is 12.3. The fraction of sp³-hybridized carbons (Fsp3) is 0.333. The van der Waals surface area contributed by atoms with E-state index in [4.69, 9.17) is 25.0 Å². The number of hydrogen-bond donors (Lipinski definition) is 1. The number of likely N-dealkylation sites (N-methyl/N-ethyl adjacent to an activating group) is 1. The van der Waals surface area contributed by atoms with Crippen LogP contribution in [0.1, 0.15) is 38.8 Å². The molecule has 0 aromatic heterocycles. The molecule has 1 unspecified atom stereocenters. The quantitative estimate of drug-likeness (QED) is 0.144. The highest BCUT2D eigenvalue weighted by molar-refractivity contribution is 8.13. The van der Waals surface area contributed by atoms with Crippen molar-refractivity contribution >= 4 is 43.0 Å². The van der Waals surface area contributed by atoms with Crippen LogP contribution in [-0.2, 0) is 18.4 Å². The summed E-state index contributed by atoms with van der Waals surface area (Å²) in [7, 11) is 1.62. The Balaban J connectivity index is 1.96. The molecule has 1 heterocycles. The van der Waals surface area contributed by atoms with E-state index in [2.05, 4.69) is 54.7 Å². The molecule has 0 spiro atoms. The number of rotatable bonds is 11. The van der Waals surface area contributed by atoms with Gasteiger partial charge in [0.1, 0.15) is 11.5 Å². The van der Waals surface area contributed by atoms with Crippen molar-refractivity contribution in [3.63, 3.8) is 0 Å². The van der Waals surface area contributed by atoms with E-state index in [1.54, 1.807) is 6.07 Å². The lowest BCUT2D eigenvalue weighted by molar-refractivity contribution is -0.432. The number of nitrogens with zero attached hydrogens (tertiary/aromatic N) is 2. The number of ether oxygens (including phenoxy) is 1. The van der Waals surface area contributed by atoms with Crippen molar-refractivity contribution in [2.24, 2.45) is 0 Å². The van der Waals surface area contributed by atoms with Crippen LogP contribution in [0, 0.1) is 0 Å². The van der Waals surface area contributed by atoms with E-state index in [1.807, 2.05) is 24.3 Å². The highest BCUT2D eigenvalue weighted by atomic mass is 35.7. The van der Waals surface area contributed by atoms with Crippen LogP contribution in [0.2, 0.25) is 0 Å². The first-order chi connectivity index (χ1) is 18.2. The highest BCUT2D eigenvalue weighted by Crippen LogP contribution is 2.47. The highest BCUT2D eigenvalue weighted by Gasteiger charge is 2.30. The fourth-order valence-electron chi connectivity index (χ4n) is 4.87. The second-order valence-electron chi connectivity index (χ2n) is 8.67. The lowest BCUT2D eigenvalue weighted by atomic mass is 9.86. The van der Waals surface area contributed by atoms with E-state index in [0.717, 1.165) is 48.6 Å². The molecule has 0 saturated heterocycles. The summed E-state index contributed by atoms with van der Waals surface area (Å²) in [6, 6.07) is 10.7. The molecule has 0 fully saturated rings. The van der Waals surface area contributed by atoms with Crippen molar-refractivity contribution in [3.8, 4) is 5.75 Å². The second-order valence-corrected chi connectivity index (χ2v) is 12.0. The Bertz CT molecular complexity index is 1380. The van der Waals surface area contributed by atoms with E-state index < -0.39 is 9.05 Å². The molecule has 1 N–H and O–H groups in total. The molecule has 11 heteroatoms. The summed E-state index contributed by atoms with van der Waals surface area (Å²) in [4.78, 5) is 4.85. The van der Waals surface area contributed by atoms with Gasteiger partial charge in [0.2, 0.25) is 0 Å². The van der Waals surface area contributed by atoms with Crippen LogP contribution in [0.25, 0.3) is 5.57 Å². The molecule has 204 valence electrons. The first-order valence-corrected chi connectivity index (χ1v) is 15.5. The Kier molecular flexibility index (Phi) is 9.25. The van der Waals surface area contributed by atoms with E-state index >= 15 is 0 Å². The number of fused-ring (bicyclic) bond motifs is 2. The van der Waals surface area contributed by atoms with Crippen LogP contribution >= 0.6 is 22.7 Å². The monoisotopic (exact) mass is 578 g/mol. The number of halogens is 1. The molecule has 2 aliphatic rings. The van der Waals surface area contributed by atoms with Crippen molar-refractivity contribution in [1.82, 2.24) is 4.90 Å². The van der Waals surface area contributed by atoms with Gasteiger partial charge in [-0.2, -0.15) is 0 Å². The summed E-state index contributed by atoms with van der Waals surface area (Å²) in [5.41, 5.74) is 4.24. The molecule has 1 atom stereocenters. The van der Waals surface area contributed by atoms with E-state index in [-0.39, 0.29) is 10.9 Å². The summed E-state index contributed by atoms with van der Waals surface area (Å²) in [6.07, 6.45) is 6.27. The Labute approximate surface area is 232 Å². The smallest absolute Gasteiger partial charge is 0.261 e. The van der Waals surface area contributed by atoms with Gasteiger partial charge >= 0.3 is 0 Å². The van der Waals surface area contributed by atoms with Gasteiger partial charge in [-0.1, -0.05) is 37.1 Å². The Morgan fingerprint density at radius 2 is 1.74 bits per heavy atom. The van der Waals surface area contributed by atoms with Crippen LogP contribution < -0.4 is 9.64 Å². The van der Waals surface area contributed by atoms with Gasteiger partial charge in [0.15, 0.2) is 0 Å². The molecular formula is C27H31ClN2O6S2. The van der Waals surface area contributed by atoms with E-state index in [9.17, 15) is 8.42 Å². The topological polar surface area (TPSA) is 88.5 Å². The van der Waals surface area contributed by atoms with Gasteiger partial charge in [0.05, 0.1) is 23.0 Å². The Hall–Kier alpha value is -2.31. The SMILES string of the molecule is CCN(CC)c1ccc2c(c1)OC1=CC(N(CC)CC)C=CC1=C2c1ccc(S(=O)(=O)Cl)cc1SOOO. The maximum atomic E-state index is 12.1. The summed E-state index contributed by atoms with van der Waals surface area (Å²) in [5, 5.41) is 12.6. The van der Waals surface area contributed by atoms with Crippen LogP contribution in [0.5, 0.6) is 5.75 Å². The summed E-state index contributed by atoms with van der Waals surface area (Å²) >= 11 is 0.683. The van der Waals surface area contributed by atoms with Crippen molar-refractivity contribution in [1.29, 1.82) is 0 Å². The molecule has 1 aliphatic heterocycles. The largest absolute Gasteiger partial charge is 0.456 e. The molecule has 2 aromatic rings. The molecule has 2 aromatic carbocycles. The number of anilines is 1. The number of hydrogen-bond acceptors (Lipinski definition) is 9. The van der Waals surface area contributed by atoms with Gasteiger partial charge in [-0.25, -0.2) is 13.7 Å². The molecule has 1 aliphatic carbocycles.